The molecule has 0 radical (unpaired) electrons. The highest BCUT2D eigenvalue weighted by atomic mass is 16.5. The summed E-state index contributed by atoms with van der Waals surface area (Å²) in [5, 5.41) is 7.85. The maximum absolute atomic E-state index is 13.0. The lowest BCUT2D eigenvalue weighted by Gasteiger charge is -2.23. The van der Waals surface area contributed by atoms with Crippen molar-refractivity contribution < 1.29 is 14.4 Å². The Kier molecular flexibility index (Phi) is 6.30. The van der Waals surface area contributed by atoms with Crippen LogP contribution in [0.4, 0.5) is 0 Å². The van der Waals surface area contributed by atoms with Crippen LogP contribution in [0.5, 0.6) is 0 Å². The second-order valence-corrected chi connectivity index (χ2v) is 7.89. The van der Waals surface area contributed by atoms with Gasteiger partial charge in [-0.15, -0.1) is 0 Å². The van der Waals surface area contributed by atoms with Gasteiger partial charge in [-0.25, -0.2) is 4.68 Å². The molecule has 30 heavy (non-hydrogen) atoms. The van der Waals surface area contributed by atoms with E-state index in [2.05, 4.69) is 5.32 Å². The summed E-state index contributed by atoms with van der Waals surface area (Å²) in [6, 6.07) is 13.9. The zero-order chi connectivity index (χ0) is 20.9. The van der Waals surface area contributed by atoms with E-state index >= 15 is 0 Å². The van der Waals surface area contributed by atoms with E-state index in [1.165, 1.54) is 0 Å². The first kappa shape index (κ1) is 20.4. The van der Waals surface area contributed by atoms with Crippen LogP contribution in [0.1, 0.15) is 22.5 Å². The molecule has 0 aliphatic carbocycles. The smallest absolute Gasteiger partial charge is 0.270 e. The SMILES string of the molecule is Cc1cccc(-n2nc(-c3cccn3C)cc2C(=O)NCCC[NH+]2CCOCC2)c1. The molecule has 1 aromatic carbocycles. The molecule has 1 amide bonds. The summed E-state index contributed by atoms with van der Waals surface area (Å²) in [6.45, 7) is 7.51. The molecule has 1 saturated heterocycles. The average molecular weight is 409 g/mol. The fraction of sp³-hybridized carbons (Fsp3) is 0.391. The molecule has 0 atom stereocenters. The zero-order valence-electron chi connectivity index (χ0n) is 17.7. The third-order valence-electron chi connectivity index (χ3n) is 5.59. The number of nitrogens with zero attached hydrogens (tertiary/aromatic N) is 3. The number of ether oxygens (including phenoxy) is 1. The maximum atomic E-state index is 13.0. The number of morpholine rings is 1. The highest BCUT2D eigenvalue weighted by Crippen LogP contribution is 2.22. The molecule has 1 aliphatic rings. The first-order valence-corrected chi connectivity index (χ1v) is 10.6. The molecule has 2 N–H and O–H groups in total. The summed E-state index contributed by atoms with van der Waals surface area (Å²) in [5.74, 6) is -0.0959. The predicted octanol–water partition coefficient (Wildman–Crippen LogP) is 1.22. The predicted molar refractivity (Wildman–Crippen MR) is 116 cm³/mol. The van der Waals surface area contributed by atoms with Crippen LogP contribution < -0.4 is 10.2 Å². The zero-order valence-corrected chi connectivity index (χ0v) is 17.7. The van der Waals surface area contributed by atoms with Gasteiger partial charge in [0.25, 0.3) is 5.91 Å². The lowest BCUT2D eigenvalue weighted by Crippen LogP contribution is -3.14. The molecule has 2 aromatic heterocycles. The number of nitrogens with one attached hydrogen (secondary N) is 2. The van der Waals surface area contributed by atoms with Crippen LogP contribution >= 0.6 is 0 Å². The second kappa shape index (κ2) is 9.28. The topological polar surface area (TPSA) is 65.5 Å². The molecular formula is C23H30N5O2+. The van der Waals surface area contributed by atoms with Gasteiger partial charge in [0.1, 0.15) is 24.5 Å². The van der Waals surface area contributed by atoms with E-state index in [1.807, 2.05) is 67.2 Å². The van der Waals surface area contributed by atoms with Crippen LogP contribution in [-0.2, 0) is 11.8 Å². The Bertz CT molecular complexity index is 1000. The average Bonchev–Trinajstić information content (AvgIpc) is 3.38. The normalized spacial score (nSPS) is 14.7. The summed E-state index contributed by atoms with van der Waals surface area (Å²) in [5.41, 5.74) is 4.33. The molecule has 0 bridgehead atoms. The second-order valence-electron chi connectivity index (χ2n) is 7.89. The number of carbonyl (C=O) groups excluding carboxylic acids is 1. The first-order chi connectivity index (χ1) is 14.6. The third-order valence-corrected chi connectivity index (χ3v) is 5.59. The molecule has 0 unspecified atom stereocenters. The Labute approximate surface area is 177 Å². The number of rotatable bonds is 7. The Morgan fingerprint density at radius 1 is 1.20 bits per heavy atom. The van der Waals surface area contributed by atoms with Gasteiger partial charge in [0, 0.05) is 26.2 Å². The van der Waals surface area contributed by atoms with Gasteiger partial charge in [-0.05, 0) is 42.8 Å². The van der Waals surface area contributed by atoms with Gasteiger partial charge in [-0.3, -0.25) is 4.79 Å². The summed E-state index contributed by atoms with van der Waals surface area (Å²) >= 11 is 0. The standard InChI is InChI=1S/C23H29N5O2/c1-18-6-3-7-19(16-18)28-22(17-20(25-28)21-8-4-10-26(21)2)23(29)24-9-5-11-27-12-14-30-15-13-27/h3-4,6-8,10,16-17H,5,9,11-15H2,1-2H3,(H,24,29)/p+1. The quantitative estimate of drug-likeness (QED) is 0.578. The van der Waals surface area contributed by atoms with Gasteiger partial charge in [0.2, 0.25) is 0 Å². The Morgan fingerprint density at radius 2 is 2.03 bits per heavy atom. The van der Waals surface area contributed by atoms with Crippen molar-refractivity contribution in [2.45, 2.75) is 13.3 Å². The van der Waals surface area contributed by atoms with Crippen molar-refractivity contribution >= 4 is 5.91 Å². The van der Waals surface area contributed by atoms with E-state index in [1.54, 1.807) is 9.58 Å². The molecule has 7 heteroatoms. The van der Waals surface area contributed by atoms with E-state index in [9.17, 15) is 4.79 Å². The minimum absolute atomic E-state index is 0.0959. The van der Waals surface area contributed by atoms with Gasteiger partial charge in [0.05, 0.1) is 31.1 Å². The number of aryl methyl sites for hydroxylation is 2. The maximum Gasteiger partial charge on any atom is 0.270 e. The van der Waals surface area contributed by atoms with Crippen molar-refractivity contribution in [3.8, 4) is 17.1 Å². The minimum atomic E-state index is -0.0959. The van der Waals surface area contributed by atoms with Crippen LogP contribution in [-0.4, -0.2) is 59.6 Å². The van der Waals surface area contributed by atoms with Crippen LogP contribution in [0.3, 0.4) is 0 Å². The van der Waals surface area contributed by atoms with Gasteiger partial charge >= 0.3 is 0 Å². The van der Waals surface area contributed by atoms with Crippen molar-refractivity contribution in [2.24, 2.45) is 7.05 Å². The molecule has 3 heterocycles. The molecule has 3 aromatic rings. The van der Waals surface area contributed by atoms with Crippen molar-refractivity contribution in [2.75, 3.05) is 39.4 Å². The largest absolute Gasteiger partial charge is 0.370 e. The monoisotopic (exact) mass is 408 g/mol. The fourth-order valence-electron chi connectivity index (χ4n) is 3.89. The summed E-state index contributed by atoms with van der Waals surface area (Å²) < 4.78 is 9.16. The highest BCUT2D eigenvalue weighted by Gasteiger charge is 2.19. The van der Waals surface area contributed by atoms with Gasteiger partial charge < -0.3 is 19.5 Å². The van der Waals surface area contributed by atoms with Gasteiger partial charge in [0.15, 0.2) is 0 Å². The van der Waals surface area contributed by atoms with Crippen molar-refractivity contribution in [1.82, 2.24) is 19.7 Å². The van der Waals surface area contributed by atoms with Crippen LogP contribution in [0.25, 0.3) is 17.1 Å². The van der Waals surface area contributed by atoms with E-state index in [-0.39, 0.29) is 5.91 Å². The molecule has 1 aliphatic heterocycles. The number of quaternary nitrogens is 1. The minimum Gasteiger partial charge on any atom is -0.370 e. The number of hydrogen-bond donors (Lipinski definition) is 2. The Balaban J connectivity index is 1.51. The van der Waals surface area contributed by atoms with Gasteiger partial charge in [-0.2, -0.15) is 5.10 Å². The van der Waals surface area contributed by atoms with E-state index in [0.717, 1.165) is 61.9 Å². The molecule has 158 valence electrons. The number of benzene rings is 1. The van der Waals surface area contributed by atoms with Crippen LogP contribution in [0, 0.1) is 6.92 Å². The summed E-state index contributed by atoms with van der Waals surface area (Å²) in [7, 11) is 1.98. The molecular weight excluding hydrogens is 378 g/mol. The summed E-state index contributed by atoms with van der Waals surface area (Å²) in [6.07, 6.45) is 2.93. The number of aromatic nitrogens is 3. The van der Waals surface area contributed by atoms with Crippen molar-refractivity contribution in [3.63, 3.8) is 0 Å². The Hall–Kier alpha value is -2.90. The molecule has 4 rings (SSSR count). The third kappa shape index (κ3) is 4.63. The van der Waals surface area contributed by atoms with E-state index in [0.29, 0.717) is 12.2 Å². The molecule has 0 saturated carbocycles. The van der Waals surface area contributed by atoms with Crippen LogP contribution in [0.15, 0.2) is 48.7 Å². The number of carbonyl (C=O) groups is 1. The fourth-order valence-corrected chi connectivity index (χ4v) is 3.89. The lowest BCUT2D eigenvalue weighted by atomic mass is 10.2. The van der Waals surface area contributed by atoms with Gasteiger partial charge in [-0.1, -0.05) is 12.1 Å². The van der Waals surface area contributed by atoms with Crippen molar-refractivity contribution in [3.05, 3.63) is 59.9 Å². The van der Waals surface area contributed by atoms with E-state index in [4.69, 9.17) is 9.84 Å². The number of hydrogen-bond acceptors (Lipinski definition) is 3. The lowest BCUT2D eigenvalue weighted by molar-refractivity contribution is -0.908. The van der Waals surface area contributed by atoms with E-state index < -0.39 is 0 Å². The number of amides is 1. The van der Waals surface area contributed by atoms with Crippen molar-refractivity contribution in [1.29, 1.82) is 0 Å². The summed E-state index contributed by atoms with van der Waals surface area (Å²) in [4.78, 5) is 14.6. The molecule has 0 spiro atoms. The highest BCUT2D eigenvalue weighted by molar-refractivity contribution is 5.94. The molecule has 1 fully saturated rings. The van der Waals surface area contributed by atoms with Crippen LogP contribution in [0.2, 0.25) is 0 Å². The Morgan fingerprint density at radius 3 is 2.77 bits per heavy atom. The first-order valence-electron chi connectivity index (χ1n) is 10.6. The molecule has 7 nitrogen and oxygen atoms in total.